The van der Waals surface area contributed by atoms with Gasteiger partial charge in [0.05, 0.1) is 4.58 Å². The van der Waals surface area contributed by atoms with Gasteiger partial charge in [0.15, 0.2) is 13.2 Å². The smallest absolute Gasteiger partial charge is 0.344 e. The Morgan fingerprint density at radius 2 is 1.81 bits per heavy atom. The molecule has 0 unspecified atom stereocenters. The van der Waals surface area contributed by atoms with Gasteiger partial charge in [0.25, 0.3) is 5.91 Å². The lowest BCUT2D eigenvalue weighted by Gasteiger charge is -2.21. The number of carbonyl (C=O) groups excluding carboxylic acids is 3. The second kappa shape index (κ2) is 11.8. The summed E-state index contributed by atoms with van der Waals surface area (Å²) in [5, 5.41) is 4.56. The summed E-state index contributed by atoms with van der Waals surface area (Å²) in [5.74, 6) is 1.54. The van der Waals surface area contributed by atoms with Gasteiger partial charge in [-0.3, -0.25) is 10.1 Å². The van der Waals surface area contributed by atoms with Crippen LogP contribution in [-0.2, 0) is 14.3 Å². The molecule has 27 heavy (non-hydrogen) atoms. The van der Waals surface area contributed by atoms with Gasteiger partial charge in [0.2, 0.25) is 0 Å². The molecular weight excluding hydrogens is 388 g/mol. The van der Waals surface area contributed by atoms with E-state index < -0.39 is 24.5 Å². The Morgan fingerprint density at radius 3 is 2.48 bits per heavy atom. The van der Waals surface area contributed by atoms with Crippen LogP contribution < -0.4 is 15.4 Å². The number of thioether (sulfide) groups is 2. The van der Waals surface area contributed by atoms with Crippen molar-refractivity contribution >= 4 is 41.4 Å². The first kappa shape index (κ1) is 21.4. The van der Waals surface area contributed by atoms with Crippen molar-refractivity contribution in [2.45, 2.75) is 24.3 Å². The van der Waals surface area contributed by atoms with E-state index in [9.17, 15) is 14.4 Å². The van der Waals surface area contributed by atoms with Gasteiger partial charge >= 0.3 is 12.0 Å². The molecule has 1 saturated heterocycles. The van der Waals surface area contributed by atoms with E-state index in [-0.39, 0.29) is 6.61 Å². The molecule has 0 saturated carbocycles. The molecule has 7 nitrogen and oxygen atoms in total. The molecule has 0 radical (unpaired) electrons. The number of nitrogens with one attached hydrogen (secondary N) is 2. The van der Waals surface area contributed by atoms with Crippen LogP contribution in [0.15, 0.2) is 24.3 Å². The topological polar surface area (TPSA) is 93.7 Å². The SMILES string of the molecule is CCCNC(=O)NC(=O)COC(=O)COc1ccc(C2SCCCS2)cc1. The van der Waals surface area contributed by atoms with Crippen molar-refractivity contribution in [3.63, 3.8) is 0 Å². The molecule has 2 rings (SSSR count). The average Bonchev–Trinajstić information content (AvgIpc) is 2.70. The van der Waals surface area contributed by atoms with E-state index in [0.29, 0.717) is 16.9 Å². The molecule has 148 valence electrons. The second-order valence-corrected chi connectivity index (χ2v) is 8.47. The third-order valence-electron chi connectivity index (χ3n) is 3.49. The van der Waals surface area contributed by atoms with Crippen LogP contribution in [0.25, 0.3) is 0 Å². The van der Waals surface area contributed by atoms with E-state index >= 15 is 0 Å². The van der Waals surface area contributed by atoms with Gasteiger partial charge in [-0.15, -0.1) is 23.5 Å². The van der Waals surface area contributed by atoms with Crippen molar-refractivity contribution in [1.82, 2.24) is 10.6 Å². The van der Waals surface area contributed by atoms with Crippen molar-refractivity contribution < 1.29 is 23.9 Å². The Kier molecular flexibility index (Phi) is 9.34. The summed E-state index contributed by atoms with van der Waals surface area (Å²) in [6.07, 6.45) is 2.00. The molecule has 0 aromatic heterocycles. The summed E-state index contributed by atoms with van der Waals surface area (Å²) in [5.41, 5.74) is 1.23. The van der Waals surface area contributed by atoms with Gasteiger partial charge in [0.1, 0.15) is 5.75 Å². The molecule has 2 N–H and O–H groups in total. The van der Waals surface area contributed by atoms with Crippen molar-refractivity contribution in [3.8, 4) is 5.75 Å². The lowest BCUT2D eigenvalue weighted by atomic mass is 10.2. The first-order valence-electron chi connectivity index (χ1n) is 8.77. The van der Waals surface area contributed by atoms with Gasteiger partial charge in [-0.25, -0.2) is 9.59 Å². The van der Waals surface area contributed by atoms with Gasteiger partial charge in [-0.2, -0.15) is 0 Å². The summed E-state index contributed by atoms with van der Waals surface area (Å²) >= 11 is 3.88. The molecule has 1 fully saturated rings. The van der Waals surface area contributed by atoms with Crippen LogP contribution in [0.1, 0.15) is 29.9 Å². The number of carbonyl (C=O) groups is 3. The zero-order valence-corrected chi connectivity index (χ0v) is 16.8. The fourth-order valence-electron chi connectivity index (χ4n) is 2.18. The summed E-state index contributed by atoms with van der Waals surface area (Å²) < 4.78 is 10.6. The summed E-state index contributed by atoms with van der Waals surface area (Å²) in [6.45, 7) is 1.52. The lowest BCUT2D eigenvalue weighted by Crippen LogP contribution is -2.41. The first-order chi connectivity index (χ1) is 13.1. The minimum Gasteiger partial charge on any atom is -0.482 e. The summed E-state index contributed by atoms with van der Waals surface area (Å²) in [4.78, 5) is 34.4. The maximum absolute atomic E-state index is 11.7. The van der Waals surface area contributed by atoms with E-state index in [1.165, 1.54) is 23.5 Å². The predicted molar refractivity (Wildman–Crippen MR) is 107 cm³/mol. The van der Waals surface area contributed by atoms with Crippen LogP contribution >= 0.6 is 23.5 Å². The monoisotopic (exact) mass is 412 g/mol. The number of ether oxygens (including phenoxy) is 2. The predicted octanol–water partition coefficient (Wildman–Crippen LogP) is 2.71. The van der Waals surface area contributed by atoms with E-state index in [1.54, 1.807) is 0 Å². The van der Waals surface area contributed by atoms with Crippen LogP contribution in [0.5, 0.6) is 5.75 Å². The van der Waals surface area contributed by atoms with Crippen molar-refractivity contribution in [1.29, 1.82) is 0 Å². The minimum atomic E-state index is -0.691. The number of urea groups is 1. The maximum Gasteiger partial charge on any atom is 0.344 e. The molecule has 1 aromatic rings. The zero-order valence-electron chi connectivity index (χ0n) is 15.2. The molecule has 1 aliphatic rings. The molecule has 0 atom stereocenters. The normalized spacial score (nSPS) is 14.3. The lowest BCUT2D eigenvalue weighted by molar-refractivity contribution is -0.150. The molecule has 0 spiro atoms. The number of imide groups is 1. The fraction of sp³-hybridized carbons (Fsp3) is 0.500. The quantitative estimate of drug-likeness (QED) is 0.634. The third kappa shape index (κ3) is 8.13. The maximum atomic E-state index is 11.7. The van der Waals surface area contributed by atoms with Crippen molar-refractivity contribution in [3.05, 3.63) is 29.8 Å². The van der Waals surface area contributed by atoms with E-state index in [4.69, 9.17) is 9.47 Å². The minimum absolute atomic E-state index is 0.304. The van der Waals surface area contributed by atoms with E-state index in [2.05, 4.69) is 10.6 Å². The number of hydrogen-bond donors (Lipinski definition) is 2. The Balaban J connectivity index is 1.66. The Hall–Kier alpha value is -1.87. The van der Waals surface area contributed by atoms with Crippen LogP contribution in [0.3, 0.4) is 0 Å². The molecule has 0 aliphatic carbocycles. The van der Waals surface area contributed by atoms with Crippen LogP contribution in [0, 0.1) is 0 Å². The van der Waals surface area contributed by atoms with Crippen LogP contribution in [0.2, 0.25) is 0 Å². The van der Waals surface area contributed by atoms with Crippen LogP contribution in [0.4, 0.5) is 4.79 Å². The molecule has 9 heteroatoms. The molecule has 1 aromatic carbocycles. The Morgan fingerprint density at radius 1 is 1.11 bits per heavy atom. The van der Waals surface area contributed by atoms with Crippen LogP contribution in [-0.4, -0.2) is 49.2 Å². The fourth-order valence-corrected chi connectivity index (χ4v) is 5.07. The second-order valence-electron chi connectivity index (χ2n) is 5.75. The van der Waals surface area contributed by atoms with Gasteiger partial charge in [0, 0.05) is 6.54 Å². The zero-order chi connectivity index (χ0) is 19.5. The number of benzene rings is 1. The highest BCUT2D eigenvalue weighted by Crippen LogP contribution is 2.43. The number of rotatable bonds is 8. The standard InChI is InChI=1S/C18H24N2O5S2/c1-2-8-19-18(23)20-15(21)11-25-16(22)12-24-14-6-4-13(5-7-14)17-26-9-3-10-27-17/h4-7,17H,2-3,8-12H2,1H3,(H2,19,20,21,23). The van der Waals surface area contributed by atoms with Gasteiger partial charge < -0.3 is 14.8 Å². The van der Waals surface area contributed by atoms with Crippen molar-refractivity contribution in [2.75, 3.05) is 31.3 Å². The van der Waals surface area contributed by atoms with Gasteiger partial charge in [-0.05, 0) is 42.0 Å². The van der Waals surface area contributed by atoms with E-state index in [1.807, 2.05) is 54.7 Å². The molecule has 3 amide bonds. The average molecular weight is 413 g/mol. The number of hydrogen-bond acceptors (Lipinski definition) is 7. The number of esters is 1. The molecular formula is C18H24N2O5S2. The highest BCUT2D eigenvalue weighted by molar-refractivity contribution is 8.16. The largest absolute Gasteiger partial charge is 0.482 e. The Labute approximate surface area is 167 Å². The van der Waals surface area contributed by atoms with Gasteiger partial charge in [-0.1, -0.05) is 19.1 Å². The summed E-state index contributed by atoms with van der Waals surface area (Å²) in [7, 11) is 0. The molecule has 0 bridgehead atoms. The summed E-state index contributed by atoms with van der Waals surface area (Å²) in [6, 6.07) is 7.04. The van der Waals surface area contributed by atoms with E-state index in [0.717, 1.165) is 6.42 Å². The first-order valence-corrected chi connectivity index (χ1v) is 10.9. The molecule has 1 heterocycles. The third-order valence-corrected chi connectivity index (χ3v) is 6.50. The highest BCUT2D eigenvalue weighted by atomic mass is 32.2. The number of amides is 3. The Bertz CT molecular complexity index is 633. The molecule has 1 aliphatic heterocycles. The highest BCUT2D eigenvalue weighted by Gasteiger charge is 2.16. The van der Waals surface area contributed by atoms with Crippen molar-refractivity contribution in [2.24, 2.45) is 0 Å².